The maximum Gasteiger partial charge on any atom is 0.262 e. The van der Waals surface area contributed by atoms with Gasteiger partial charge in [-0.3, -0.25) is 4.79 Å². The first-order chi connectivity index (χ1) is 9.76. The maximum absolute atomic E-state index is 11.5. The van der Waals surface area contributed by atoms with Crippen molar-refractivity contribution in [3.63, 3.8) is 0 Å². The van der Waals surface area contributed by atoms with Gasteiger partial charge in [-0.1, -0.05) is 12.1 Å². The van der Waals surface area contributed by atoms with Gasteiger partial charge in [0.25, 0.3) is 5.91 Å². The van der Waals surface area contributed by atoms with Crippen LogP contribution in [0.2, 0.25) is 0 Å². The van der Waals surface area contributed by atoms with Crippen LogP contribution in [-0.2, 0) is 6.42 Å². The van der Waals surface area contributed by atoms with E-state index in [2.05, 4.69) is 16.4 Å². The summed E-state index contributed by atoms with van der Waals surface area (Å²) in [6.07, 6.45) is 6.49. The van der Waals surface area contributed by atoms with E-state index in [1.807, 2.05) is 24.3 Å². The first-order valence-corrected chi connectivity index (χ1v) is 7.19. The molecular weight excluding hydrogens is 272 g/mol. The quantitative estimate of drug-likeness (QED) is 0.943. The summed E-state index contributed by atoms with van der Waals surface area (Å²) in [7, 11) is 1.62. The minimum absolute atomic E-state index is 0.100. The van der Waals surface area contributed by atoms with Crippen LogP contribution in [0, 0.1) is 0 Å². The molecule has 1 amide bonds. The Kier molecular flexibility index (Phi) is 3.52. The molecule has 1 aromatic heterocycles. The topological polar surface area (TPSA) is 51.2 Å². The van der Waals surface area contributed by atoms with Crippen molar-refractivity contribution >= 4 is 29.4 Å². The van der Waals surface area contributed by atoms with E-state index in [1.54, 1.807) is 13.2 Å². The van der Waals surface area contributed by atoms with E-state index < -0.39 is 0 Å². The van der Waals surface area contributed by atoms with Crippen molar-refractivity contribution in [2.45, 2.75) is 6.42 Å². The van der Waals surface area contributed by atoms with Crippen LogP contribution in [-0.4, -0.2) is 24.5 Å². The highest BCUT2D eigenvalue weighted by Crippen LogP contribution is 2.26. The Balaban J connectivity index is 1.77. The van der Waals surface area contributed by atoms with Crippen molar-refractivity contribution in [1.82, 2.24) is 10.3 Å². The molecule has 1 aromatic carbocycles. The predicted octanol–water partition coefficient (Wildman–Crippen LogP) is 2.61. The summed E-state index contributed by atoms with van der Waals surface area (Å²) < 4.78 is 5.48. The number of aromatic nitrogens is 1. The fourth-order valence-corrected chi connectivity index (χ4v) is 2.84. The smallest absolute Gasteiger partial charge is 0.262 e. The molecule has 0 atom stereocenters. The van der Waals surface area contributed by atoms with Gasteiger partial charge in [0.1, 0.15) is 15.6 Å². The van der Waals surface area contributed by atoms with Gasteiger partial charge in [-0.05, 0) is 29.3 Å². The van der Waals surface area contributed by atoms with Crippen LogP contribution >= 0.6 is 11.3 Å². The molecular formula is C15H14N2O2S. The van der Waals surface area contributed by atoms with Gasteiger partial charge in [-0.15, -0.1) is 11.3 Å². The van der Waals surface area contributed by atoms with Crippen molar-refractivity contribution < 1.29 is 9.53 Å². The molecule has 0 saturated carbocycles. The predicted molar refractivity (Wildman–Crippen MR) is 80.1 cm³/mol. The third-order valence-electron chi connectivity index (χ3n) is 3.11. The van der Waals surface area contributed by atoms with E-state index in [9.17, 15) is 4.79 Å². The molecule has 2 aromatic rings. The largest absolute Gasteiger partial charge is 0.493 e. The van der Waals surface area contributed by atoms with Gasteiger partial charge in [0.15, 0.2) is 0 Å². The fraction of sp³-hybridized carbons (Fsp3) is 0.200. The summed E-state index contributed by atoms with van der Waals surface area (Å²) in [5.41, 5.74) is 2.36. The number of thiazole rings is 1. The molecule has 0 aliphatic carbocycles. The van der Waals surface area contributed by atoms with Gasteiger partial charge in [0, 0.05) is 13.5 Å². The lowest BCUT2D eigenvalue weighted by Gasteiger charge is -1.99. The van der Waals surface area contributed by atoms with Crippen LogP contribution < -0.4 is 10.1 Å². The van der Waals surface area contributed by atoms with Gasteiger partial charge >= 0.3 is 0 Å². The zero-order valence-electron chi connectivity index (χ0n) is 11.1. The molecule has 102 valence electrons. The molecule has 5 heteroatoms. The third-order valence-corrected chi connectivity index (χ3v) is 4.07. The molecule has 1 aliphatic heterocycles. The number of nitrogens with one attached hydrogen (secondary N) is 1. The number of hydrogen-bond donors (Lipinski definition) is 1. The van der Waals surface area contributed by atoms with Crippen LogP contribution in [0.25, 0.3) is 12.2 Å². The summed E-state index contributed by atoms with van der Waals surface area (Å²) in [5, 5.41) is 3.41. The average molecular weight is 286 g/mol. The Morgan fingerprint density at radius 3 is 3.20 bits per heavy atom. The van der Waals surface area contributed by atoms with E-state index in [0.717, 1.165) is 29.3 Å². The summed E-state index contributed by atoms with van der Waals surface area (Å²) in [4.78, 5) is 16.3. The minimum Gasteiger partial charge on any atom is -0.493 e. The molecule has 0 bridgehead atoms. The lowest BCUT2D eigenvalue weighted by molar-refractivity contribution is 0.0967. The number of carbonyl (C=O) groups is 1. The summed E-state index contributed by atoms with van der Waals surface area (Å²) in [6.45, 7) is 0.768. The molecule has 4 nitrogen and oxygen atoms in total. The van der Waals surface area contributed by atoms with E-state index in [4.69, 9.17) is 4.74 Å². The normalized spacial score (nSPS) is 13.2. The number of rotatable bonds is 3. The zero-order valence-corrected chi connectivity index (χ0v) is 11.9. The second-order valence-corrected chi connectivity index (χ2v) is 5.50. The SMILES string of the molecule is CNC(=O)c1cnc(/C=C/c2ccc3c(c2)CCO3)s1. The molecule has 0 spiro atoms. The summed E-state index contributed by atoms with van der Waals surface area (Å²) in [5.74, 6) is 0.884. The molecule has 20 heavy (non-hydrogen) atoms. The molecule has 1 aliphatic rings. The average Bonchev–Trinajstić information content (AvgIpc) is 3.12. The number of fused-ring (bicyclic) bond motifs is 1. The molecule has 0 saturated heterocycles. The van der Waals surface area contributed by atoms with E-state index >= 15 is 0 Å². The Bertz CT molecular complexity index is 676. The standard InChI is InChI=1S/C15H14N2O2S/c1-16-15(18)13-9-17-14(20-13)5-3-10-2-4-12-11(8-10)6-7-19-12/h2-5,8-9H,6-7H2,1H3,(H,16,18)/b5-3+. The number of carbonyl (C=O) groups excluding carboxylic acids is 1. The highest BCUT2D eigenvalue weighted by atomic mass is 32.1. The first-order valence-electron chi connectivity index (χ1n) is 6.38. The van der Waals surface area contributed by atoms with Gasteiger partial charge in [0.05, 0.1) is 12.8 Å². The molecule has 0 unspecified atom stereocenters. The molecule has 2 heterocycles. The van der Waals surface area contributed by atoms with Gasteiger partial charge in [-0.2, -0.15) is 0 Å². The van der Waals surface area contributed by atoms with Crippen LogP contribution in [0.1, 0.15) is 25.8 Å². The molecule has 0 radical (unpaired) electrons. The Morgan fingerprint density at radius 1 is 1.45 bits per heavy atom. The number of amides is 1. The minimum atomic E-state index is -0.100. The number of nitrogens with zero attached hydrogens (tertiary/aromatic N) is 1. The van der Waals surface area contributed by atoms with Gasteiger partial charge in [0.2, 0.25) is 0 Å². The Hall–Kier alpha value is -2.14. The van der Waals surface area contributed by atoms with Crippen molar-refractivity contribution in [3.8, 4) is 5.75 Å². The van der Waals surface area contributed by atoms with Crippen LogP contribution in [0.5, 0.6) is 5.75 Å². The lowest BCUT2D eigenvalue weighted by Crippen LogP contribution is -2.16. The van der Waals surface area contributed by atoms with E-state index in [1.165, 1.54) is 16.9 Å². The number of hydrogen-bond acceptors (Lipinski definition) is 4. The Labute approximate surface area is 121 Å². The molecule has 0 fully saturated rings. The fourth-order valence-electron chi connectivity index (χ4n) is 2.07. The Morgan fingerprint density at radius 2 is 2.35 bits per heavy atom. The number of ether oxygens (including phenoxy) is 1. The van der Waals surface area contributed by atoms with Crippen LogP contribution in [0.15, 0.2) is 24.4 Å². The third kappa shape index (κ3) is 2.58. The van der Waals surface area contributed by atoms with Crippen molar-refractivity contribution in [2.75, 3.05) is 13.7 Å². The zero-order chi connectivity index (χ0) is 13.9. The van der Waals surface area contributed by atoms with Crippen molar-refractivity contribution in [1.29, 1.82) is 0 Å². The van der Waals surface area contributed by atoms with Crippen LogP contribution in [0.4, 0.5) is 0 Å². The van der Waals surface area contributed by atoms with Crippen LogP contribution in [0.3, 0.4) is 0 Å². The molecule has 3 rings (SSSR count). The van der Waals surface area contributed by atoms with E-state index in [0.29, 0.717) is 4.88 Å². The lowest BCUT2D eigenvalue weighted by atomic mass is 10.1. The highest BCUT2D eigenvalue weighted by molar-refractivity contribution is 7.14. The van der Waals surface area contributed by atoms with Gasteiger partial charge < -0.3 is 10.1 Å². The second-order valence-electron chi connectivity index (χ2n) is 4.44. The molecule has 1 N–H and O–H groups in total. The monoisotopic (exact) mass is 286 g/mol. The summed E-state index contributed by atoms with van der Waals surface area (Å²) in [6, 6.07) is 6.15. The highest BCUT2D eigenvalue weighted by Gasteiger charge is 2.11. The van der Waals surface area contributed by atoms with Gasteiger partial charge in [-0.25, -0.2) is 4.98 Å². The summed E-state index contributed by atoms with van der Waals surface area (Å²) >= 11 is 1.38. The van der Waals surface area contributed by atoms with E-state index in [-0.39, 0.29) is 5.91 Å². The second kappa shape index (κ2) is 5.46. The van der Waals surface area contributed by atoms with Crippen molar-refractivity contribution in [2.24, 2.45) is 0 Å². The first kappa shape index (κ1) is 12.9. The maximum atomic E-state index is 11.5. The number of benzene rings is 1. The van der Waals surface area contributed by atoms with Crippen molar-refractivity contribution in [3.05, 3.63) is 45.4 Å².